The quantitative estimate of drug-likeness (QED) is 0.648. The zero-order valence-electron chi connectivity index (χ0n) is 9.51. The SMILES string of the molecule is Cc1nc2c(c(C)c1C#N)C(C)(C)CO2. The van der Waals surface area contributed by atoms with Gasteiger partial charge in [0.25, 0.3) is 0 Å². The highest BCUT2D eigenvalue weighted by molar-refractivity contribution is 5.53. The summed E-state index contributed by atoms with van der Waals surface area (Å²) in [7, 11) is 0. The number of nitrogens with zero attached hydrogens (tertiary/aromatic N) is 2. The maximum atomic E-state index is 9.07. The molecule has 0 bridgehead atoms. The number of nitriles is 1. The van der Waals surface area contributed by atoms with Crippen LogP contribution in [0.15, 0.2) is 0 Å². The second-order valence-electron chi connectivity index (χ2n) is 4.66. The van der Waals surface area contributed by atoms with Crippen molar-refractivity contribution in [2.75, 3.05) is 6.61 Å². The van der Waals surface area contributed by atoms with Crippen LogP contribution in [0.4, 0.5) is 0 Å². The van der Waals surface area contributed by atoms with Gasteiger partial charge in [-0.2, -0.15) is 5.26 Å². The predicted octanol–water partition coefficient (Wildman–Crippen LogP) is 2.24. The van der Waals surface area contributed by atoms with E-state index in [0.29, 0.717) is 18.1 Å². The number of fused-ring (bicyclic) bond motifs is 1. The zero-order valence-corrected chi connectivity index (χ0v) is 9.51. The van der Waals surface area contributed by atoms with Gasteiger partial charge in [-0.3, -0.25) is 0 Å². The Morgan fingerprint density at radius 2 is 2.07 bits per heavy atom. The fourth-order valence-corrected chi connectivity index (χ4v) is 2.21. The van der Waals surface area contributed by atoms with Crippen molar-refractivity contribution in [1.29, 1.82) is 5.26 Å². The smallest absolute Gasteiger partial charge is 0.217 e. The lowest BCUT2D eigenvalue weighted by Gasteiger charge is -2.18. The Kier molecular flexibility index (Phi) is 1.97. The fourth-order valence-electron chi connectivity index (χ4n) is 2.21. The van der Waals surface area contributed by atoms with Crippen molar-refractivity contribution in [2.45, 2.75) is 33.1 Å². The molecule has 0 N–H and O–H groups in total. The normalized spacial score (nSPS) is 16.7. The summed E-state index contributed by atoms with van der Waals surface area (Å²) in [5.74, 6) is 0.703. The Labute approximate surface area is 89.7 Å². The lowest BCUT2D eigenvalue weighted by atomic mass is 9.83. The zero-order chi connectivity index (χ0) is 11.2. The Hall–Kier alpha value is -1.56. The molecule has 3 nitrogen and oxygen atoms in total. The monoisotopic (exact) mass is 202 g/mol. The third-order valence-electron chi connectivity index (χ3n) is 2.95. The van der Waals surface area contributed by atoms with Crippen molar-refractivity contribution in [2.24, 2.45) is 0 Å². The van der Waals surface area contributed by atoms with E-state index in [9.17, 15) is 0 Å². The number of aromatic nitrogens is 1. The van der Waals surface area contributed by atoms with Crippen LogP contribution in [0.1, 0.15) is 36.2 Å². The van der Waals surface area contributed by atoms with Crippen molar-refractivity contribution in [1.82, 2.24) is 4.98 Å². The molecular weight excluding hydrogens is 188 g/mol. The molecule has 0 radical (unpaired) electrons. The van der Waals surface area contributed by atoms with Crippen LogP contribution in [0.25, 0.3) is 0 Å². The number of ether oxygens (including phenoxy) is 1. The van der Waals surface area contributed by atoms with E-state index < -0.39 is 0 Å². The largest absolute Gasteiger partial charge is 0.477 e. The molecule has 2 heterocycles. The summed E-state index contributed by atoms with van der Waals surface area (Å²) in [6.07, 6.45) is 0. The first-order valence-electron chi connectivity index (χ1n) is 5.02. The topological polar surface area (TPSA) is 45.9 Å². The van der Waals surface area contributed by atoms with Crippen LogP contribution >= 0.6 is 0 Å². The Morgan fingerprint density at radius 3 is 2.67 bits per heavy atom. The summed E-state index contributed by atoms with van der Waals surface area (Å²) in [5.41, 5.74) is 3.51. The number of hydrogen-bond donors (Lipinski definition) is 0. The van der Waals surface area contributed by atoms with E-state index in [1.165, 1.54) is 0 Å². The van der Waals surface area contributed by atoms with Crippen molar-refractivity contribution in [3.63, 3.8) is 0 Å². The van der Waals surface area contributed by atoms with E-state index in [0.717, 1.165) is 16.8 Å². The minimum Gasteiger partial charge on any atom is -0.477 e. The molecule has 0 fully saturated rings. The second kappa shape index (κ2) is 2.96. The van der Waals surface area contributed by atoms with Crippen molar-refractivity contribution < 1.29 is 4.74 Å². The van der Waals surface area contributed by atoms with Crippen LogP contribution in [0.3, 0.4) is 0 Å². The van der Waals surface area contributed by atoms with Gasteiger partial charge in [0.2, 0.25) is 5.88 Å². The van der Waals surface area contributed by atoms with Crippen LogP contribution in [-0.2, 0) is 5.41 Å². The molecule has 0 saturated carbocycles. The van der Waals surface area contributed by atoms with Crippen LogP contribution in [-0.4, -0.2) is 11.6 Å². The van der Waals surface area contributed by atoms with Gasteiger partial charge in [-0.25, -0.2) is 4.98 Å². The lowest BCUT2D eigenvalue weighted by Crippen LogP contribution is -2.19. The lowest BCUT2D eigenvalue weighted by molar-refractivity contribution is 0.283. The minimum atomic E-state index is -0.0360. The van der Waals surface area contributed by atoms with E-state index in [1.54, 1.807) is 0 Å². The summed E-state index contributed by atoms with van der Waals surface area (Å²) < 4.78 is 5.55. The molecule has 78 valence electrons. The molecule has 0 saturated heterocycles. The first-order valence-corrected chi connectivity index (χ1v) is 5.02. The first kappa shape index (κ1) is 9.97. The molecule has 1 aromatic heterocycles. The highest BCUT2D eigenvalue weighted by Crippen LogP contribution is 2.40. The van der Waals surface area contributed by atoms with Crippen LogP contribution in [0.5, 0.6) is 5.88 Å². The van der Waals surface area contributed by atoms with E-state index in [1.807, 2.05) is 13.8 Å². The van der Waals surface area contributed by atoms with Gasteiger partial charge in [0, 0.05) is 11.0 Å². The van der Waals surface area contributed by atoms with Gasteiger partial charge >= 0.3 is 0 Å². The third-order valence-corrected chi connectivity index (χ3v) is 2.95. The van der Waals surface area contributed by atoms with E-state index in [2.05, 4.69) is 24.9 Å². The molecule has 1 aliphatic rings. The molecule has 0 atom stereocenters. The number of aryl methyl sites for hydroxylation is 1. The summed E-state index contributed by atoms with van der Waals surface area (Å²) in [4.78, 5) is 4.34. The Morgan fingerprint density at radius 1 is 1.40 bits per heavy atom. The van der Waals surface area contributed by atoms with Crippen LogP contribution in [0.2, 0.25) is 0 Å². The molecule has 0 aromatic carbocycles. The molecule has 1 aromatic rings. The predicted molar refractivity (Wildman–Crippen MR) is 56.9 cm³/mol. The molecule has 15 heavy (non-hydrogen) atoms. The Bertz CT molecular complexity index is 469. The number of rotatable bonds is 0. The average molecular weight is 202 g/mol. The summed E-state index contributed by atoms with van der Waals surface area (Å²) >= 11 is 0. The summed E-state index contributed by atoms with van der Waals surface area (Å²) in [5, 5.41) is 9.07. The van der Waals surface area contributed by atoms with E-state index >= 15 is 0 Å². The minimum absolute atomic E-state index is 0.0360. The maximum absolute atomic E-state index is 9.07. The van der Waals surface area contributed by atoms with Gasteiger partial charge in [0.15, 0.2) is 0 Å². The van der Waals surface area contributed by atoms with Gasteiger partial charge in [0.1, 0.15) is 6.07 Å². The summed E-state index contributed by atoms with van der Waals surface area (Å²) in [6, 6.07) is 2.21. The number of pyridine rings is 1. The van der Waals surface area contributed by atoms with Gasteiger partial charge in [0.05, 0.1) is 17.9 Å². The van der Waals surface area contributed by atoms with E-state index in [4.69, 9.17) is 10.00 Å². The van der Waals surface area contributed by atoms with Crippen LogP contribution < -0.4 is 4.74 Å². The average Bonchev–Trinajstić information content (AvgIpc) is 2.42. The van der Waals surface area contributed by atoms with Crippen LogP contribution in [0, 0.1) is 25.2 Å². The molecular formula is C12H14N2O. The first-order chi connectivity index (χ1) is 6.97. The van der Waals surface area contributed by atoms with Gasteiger partial charge in [-0.15, -0.1) is 0 Å². The van der Waals surface area contributed by atoms with Crippen molar-refractivity contribution in [3.05, 3.63) is 22.4 Å². The van der Waals surface area contributed by atoms with Gasteiger partial charge in [-0.1, -0.05) is 13.8 Å². The Balaban J connectivity index is 2.77. The van der Waals surface area contributed by atoms with Crippen molar-refractivity contribution >= 4 is 0 Å². The highest BCUT2D eigenvalue weighted by atomic mass is 16.5. The second-order valence-corrected chi connectivity index (χ2v) is 4.66. The number of hydrogen-bond acceptors (Lipinski definition) is 3. The molecule has 0 spiro atoms. The third kappa shape index (κ3) is 1.29. The maximum Gasteiger partial charge on any atom is 0.217 e. The molecule has 3 heteroatoms. The standard InChI is InChI=1S/C12H14N2O/c1-7-9(5-13)8(2)14-11-10(7)12(3,4)6-15-11/h6H2,1-4H3. The highest BCUT2D eigenvalue weighted by Gasteiger charge is 2.36. The summed E-state index contributed by atoms with van der Waals surface area (Å²) in [6.45, 7) is 8.70. The fraction of sp³-hybridized carbons (Fsp3) is 0.500. The molecule has 1 aliphatic heterocycles. The van der Waals surface area contributed by atoms with Gasteiger partial charge in [-0.05, 0) is 19.4 Å². The molecule has 0 amide bonds. The molecule has 0 unspecified atom stereocenters. The van der Waals surface area contributed by atoms with Crippen molar-refractivity contribution in [3.8, 4) is 11.9 Å². The molecule has 2 rings (SSSR count). The van der Waals surface area contributed by atoms with E-state index in [-0.39, 0.29) is 5.41 Å². The van der Waals surface area contributed by atoms with Gasteiger partial charge < -0.3 is 4.74 Å². The molecule has 0 aliphatic carbocycles.